The van der Waals surface area contributed by atoms with Crippen LogP contribution in [0.2, 0.25) is 0 Å². The normalized spacial score (nSPS) is 13.7. The minimum Gasteiger partial charge on any atom is -0.486 e. The summed E-state index contributed by atoms with van der Waals surface area (Å²) in [6.07, 6.45) is 0. The van der Waals surface area contributed by atoms with Gasteiger partial charge in [-0.1, -0.05) is 29.8 Å². The van der Waals surface area contributed by atoms with E-state index in [1.54, 1.807) is 25.1 Å². The number of nitrogens with zero attached hydrogens (tertiary/aromatic N) is 2. The second-order valence-corrected chi connectivity index (χ2v) is 11.3. The van der Waals surface area contributed by atoms with E-state index < -0.39 is 28.5 Å². The van der Waals surface area contributed by atoms with Crippen LogP contribution in [0.1, 0.15) is 38.8 Å². The lowest BCUT2D eigenvalue weighted by Gasteiger charge is -2.32. The average molecular weight is 518 g/mol. The van der Waals surface area contributed by atoms with Crippen LogP contribution >= 0.6 is 0 Å². The largest absolute Gasteiger partial charge is 0.486 e. The molecule has 0 saturated heterocycles. The number of anilines is 1. The number of ether oxygens (including phenoxy) is 2. The van der Waals surface area contributed by atoms with Gasteiger partial charge in [0.25, 0.3) is 0 Å². The van der Waals surface area contributed by atoms with Gasteiger partial charge in [0.1, 0.15) is 25.8 Å². The van der Waals surface area contributed by atoms with E-state index in [9.17, 15) is 18.0 Å². The Kier molecular flexibility index (Phi) is 8.84. The third kappa shape index (κ3) is 6.69. The lowest BCUT2D eigenvalue weighted by molar-refractivity contribution is -0.139. The molecule has 0 saturated carbocycles. The van der Waals surface area contributed by atoms with Crippen LogP contribution in [0.25, 0.3) is 0 Å². The van der Waals surface area contributed by atoms with Gasteiger partial charge >= 0.3 is 0 Å². The van der Waals surface area contributed by atoms with E-state index in [-0.39, 0.29) is 24.2 Å². The smallest absolute Gasteiger partial charge is 0.244 e. The highest BCUT2D eigenvalue weighted by Gasteiger charge is 2.31. The van der Waals surface area contributed by atoms with Gasteiger partial charge < -0.3 is 19.7 Å². The zero-order valence-electron chi connectivity index (χ0n) is 21.5. The summed E-state index contributed by atoms with van der Waals surface area (Å²) in [7, 11) is -3.82. The topological polar surface area (TPSA) is 105 Å². The summed E-state index contributed by atoms with van der Waals surface area (Å²) in [4.78, 5) is 28.0. The van der Waals surface area contributed by atoms with Gasteiger partial charge in [0.05, 0.1) is 11.4 Å². The number of aryl methyl sites for hydroxylation is 1. The quantitative estimate of drug-likeness (QED) is 0.520. The maximum Gasteiger partial charge on any atom is 0.244 e. The number of hydrogen-bond acceptors (Lipinski definition) is 6. The molecule has 0 bridgehead atoms. The Bertz CT molecular complexity index is 1200. The van der Waals surface area contributed by atoms with Crippen molar-refractivity contribution >= 4 is 27.5 Å². The van der Waals surface area contributed by atoms with Crippen molar-refractivity contribution in [3.8, 4) is 11.5 Å². The number of carbonyl (C=O) groups excluding carboxylic acids is 2. The molecule has 0 spiro atoms. The molecule has 2 aromatic carbocycles. The third-order valence-electron chi connectivity index (χ3n) is 5.83. The van der Waals surface area contributed by atoms with Gasteiger partial charge in [0.15, 0.2) is 11.5 Å². The summed E-state index contributed by atoms with van der Waals surface area (Å²) in [6, 6.07) is 11.5. The number of carbonyl (C=O) groups is 2. The maximum atomic E-state index is 13.7. The van der Waals surface area contributed by atoms with E-state index in [4.69, 9.17) is 9.47 Å². The Morgan fingerprint density at radius 1 is 1.03 bits per heavy atom. The standard InChI is InChI=1S/C26H35N3O6S/c1-6-36(32,33)29(22-10-11-23-24(15-22)35-13-12-34-23)17-25(30)28(20(5)26(31)27-18(2)3)16-21-9-7-8-19(4)14-21/h7-11,14-15,18,20H,6,12-13,16-17H2,1-5H3,(H,27,31). The van der Waals surface area contributed by atoms with Crippen molar-refractivity contribution in [3.05, 3.63) is 53.6 Å². The minimum atomic E-state index is -3.82. The Balaban J connectivity index is 1.95. The SMILES string of the molecule is CCS(=O)(=O)N(CC(=O)N(Cc1cccc(C)c1)C(C)C(=O)NC(C)C)c1ccc2c(c1)OCCO2. The second-order valence-electron chi connectivity index (χ2n) is 9.09. The molecule has 10 heteroatoms. The molecule has 3 rings (SSSR count). The number of fused-ring (bicyclic) bond motifs is 1. The number of nitrogens with one attached hydrogen (secondary N) is 1. The Hall–Kier alpha value is -3.27. The fourth-order valence-corrected chi connectivity index (χ4v) is 4.96. The molecule has 0 fully saturated rings. The molecule has 0 aromatic heterocycles. The van der Waals surface area contributed by atoms with Crippen molar-refractivity contribution in [1.29, 1.82) is 0 Å². The van der Waals surface area contributed by atoms with Crippen LogP contribution in [0.4, 0.5) is 5.69 Å². The van der Waals surface area contributed by atoms with E-state index in [0.29, 0.717) is 30.4 Å². The van der Waals surface area contributed by atoms with Crippen LogP contribution < -0.4 is 19.1 Å². The zero-order chi connectivity index (χ0) is 26.5. The van der Waals surface area contributed by atoms with Crippen LogP contribution in [0.15, 0.2) is 42.5 Å². The van der Waals surface area contributed by atoms with Crippen LogP contribution in [-0.4, -0.2) is 62.7 Å². The molecule has 36 heavy (non-hydrogen) atoms. The van der Waals surface area contributed by atoms with Crippen LogP contribution in [0.5, 0.6) is 11.5 Å². The molecular formula is C26H35N3O6S. The molecule has 1 aliphatic rings. The van der Waals surface area contributed by atoms with Crippen molar-refractivity contribution in [2.24, 2.45) is 0 Å². The van der Waals surface area contributed by atoms with Crippen molar-refractivity contribution in [2.75, 3.05) is 29.8 Å². The minimum absolute atomic E-state index is 0.106. The molecule has 1 atom stereocenters. The predicted octanol–water partition coefficient (Wildman–Crippen LogP) is 2.86. The first-order valence-electron chi connectivity index (χ1n) is 12.1. The average Bonchev–Trinajstić information content (AvgIpc) is 2.84. The molecule has 0 radical (unpaired) electrons. The second kappa shape index (κ2) is 11.6. The summed E-state index contributed by atoms with van der Waals surface area (Å²) in [5, 5.41) is 2.84. The highest BCUT2D eigenvalue weighted by Crippen LogP contribution is 2.35. The summed E-state index contributed by atoms with van der Waals surface area (Å²) < 4.78 is 38.4. The lowest BCUT2D eigenvalue weighted by atomic mass is 10.1. The Labute approximate surface area is 213 Å². The van der Waals surface area contributed by atoms with Gasteiger partial charge in [-0.2, -0.15) is 0 Å². The highest BCUT2D eigenvalue weighted by molar-refractivity contribution is 7.92. The van der Waals surface area contributed by atoms with Crippen molar-refractivity contribution in [3.63, 3.8) is 0 Å². The number of amides is 2. The van der Waals surface area contributed by atoms with Gasteiger partial charge in [0, 0.05) is 18.7 Å². The zero-order valence-corrected chi connectivity index (χ0v) is 22.3. The molecule has 1 heterocycles. The number of benzene rings is 2. The molecule has 2 amide bonds. The van der Waals surface area contributed by atoms with Crippen LogP contribution in [0.3, 0.4) is 0 Å². The van der Waals surface area contributed by atoms with Gasteiger partial charge in [0.2, 0.25) is 21.8 Å². The Morgan fingerprint density at radius 2 is 1.72 bits per heavy atom. The van der Waals surface area contributed by atoms with Gasteiger partial charge in [-0.25, -0.2) is 8.42 Å². The Morgan fingerprint density at radius 3 is 2.36 bits per heavy atom. The first kappa shape index (κ1) is 27.3. The molecule has 1 unspecified atom stereocenters. The predicted molar refractivity (Wildman–Crippen MR) is 139 cm³/mol. The van der Waals surface area contributed by atoms with Crippen LogP contribution in [-0.2, 0) is 26.2 Å². The van der Waals surface area contributed by atoms with E-state index in [1.807, 2.05) is 45.0 Å². The third-order valence-corrected chi connectivity index (χ3v) is 7.57. The number of rotatable bonds is 10. The van der Waals surface area contributed by atoms with E-state index >= 15 is 0 Å². The maximum absolute atomic E-state index is 13.7. The van der Waals surface area contributed by atoms with Crippen molar-refractivity contribution < 1.29 is 27.5 Å². The first-order valence-corrected chi connectivity index (χ1v) is 13.7. The van der Waals surface area contributed by atoms with E-state index in [1.165, 1.54) is 11.8 Å². The van der Waals surface area contributed by atoms with Gasteiger partial charge in [-0.15, -0.1) is 0 Å². The highest BCUT2D eigenvalue weighted by atomic mass is 32.2. The van der Waals surface area contributed by atoms with Crippen molar-refractivity contribution in [1.82, 2.24) is 10.2 Å². The lowest BCUT2D eigenvalue weighted by Crippen LogP contribution is -2.52. The molecular weight excluding hydrogens is 482 g/mol. The summed E-state index contributed by atoms with van der Waals surface area (Å²) in [5.74, 6) is -0.0604. The molecule has 0 aliphatic carbocycles. The first-order chi connectivity index (χ1) is 17.0. The van der Waals surface area contributed by atoms with Gasteiger partial charge in [-0.05, 0) is 52.3 Å². The summed E-state index contributed by atoms with van der Waals surface area (Å²) in [6.45, 7) is 9.26. The van der Waals surface area contributed by atoms with Crippen molar-refractivity contribution in [2.45, 2.75) is 53.2 Å². The van der Waals surface area contributed by atoms with Gasteiger partial charge in [-0.3, -0.25) is 13.9 Å². The fraction of sp³-hybridized carbons (Fsp3) is 0.462. The number of hydrogen-bond donors (Lipinski definition) is 1. The molecule has 1 N–H and O–H groups in total. The van der Waals surface area contributed by atoms with E-state index in [2.05, 4.69) is 5.32 Å². The summed E-state index contributed by atoms with van der Waals surface area (Å²) in [5.41, 5.74) is 2.16. The molecule has 9 nitrogen and oxygen atoms in total. The summed E-state index contributed by atoms with van der Waals surface area (Å²) >= 11 is 0. The number of sulfonamides is 1. The monoisotopic (exact) mass is 517 g/mol. The van der Waals surface area contributed by atoms with Crippen LogP contribution in [0, 0.1) is 6.92 Å². The molecule has 1 aliphatic heterocycles. The fourth-order valence-electron chi connectivity index (χ4n) is 3.90. The molecule has 196 valence electrons. The van der Waals surface area contributed by atoms with E-state index in [0.717, 1.165) is 15.4 Å². The molecule has 2 aromatic rings.